The van der Waals surface area contributed by atoms with Crippen molar-refractivity contribution in [3.8, 4) is 0 Å². The quantitative estimate of drug-likeness (QED) is 0.625. The molecule has 10 heavy (non-hydrogen) atoms. The van der Waals surface area contributed by atoms with Crippen molar-refractivity contribution >= 4 is 6.29 Å². The molecule has 57 valence electrons. The van der Waals surface area contributed by atoms with E-state index >= 15 is 0 Å². The van der Waals surface area contributed by atoms with Gasteiger partial charge in [-0.25, -0.2) is 0 Å². The lowest BCUT2D eigenvalue weighted by Gasteiger charge is -2.31. The van der Waals surface area contributed by atoms with E-state index < -0.39 is 0 Å². The maximum absolute atomic E-state index is 10.1. The third kappa shape index (κ3) is 1.81. The van der Waals surface area contributed by atoms with Crippen molar-refractivity contribution < 1.29 is 4.79 Å². The van der Waals surface area contributed by atoms with Gasteiger partial charge in [0, 0.05) is 12.0 Å². The monoisotopic (exact) mass is 140 g/mol. The standard InChI is InChI=1S/C8H14NO/c9-8(6-7-10)4-2-1-3-5-8/h1-6,9H2. The van der Waals surface area contributed by atoms with Gasteiger partial charge in [-0.3, -0.25) is 4.79 Å². The Bertz CT molecular complexity index is 116. The van der Waals surface area contributed by atoms with Gasteiger partial charge in [0.25, 0.3) is 0 Å². The molecule has 2 nitrogen and oxygen atoms in total. The van der Waals surface area contributed by atoms with Crippen LogP contribution in [-0.2, 0) is 4.79 Å². The second-order valence-corrected chi connectivity index (χ2v) is 3.24. The van der Waals surface area contributed by atoms with E-state index in [9.17, 15) is 4.79 Å². The fraction of sp³-hybridized carbons (Fsp3) is 0.875. The van der Waals surface area contributed by atoms with E-state index in [4.69, 9.17) is 5.73 Å². The van der Waals surface area contributed by atoms with E-state index in [0.29, 0.717) is 6.42 Å². The lowest BCUT2D eigenvalue weighted by atomic mass is 9.81. The highest BCUT2D eigenvalue weighted by atomic mass is 16.1. The summed E-state index contributed by atoms with van der Waals surface area (Å²) < 4.78 is 0. The molecule has 1 fully saturated rings. The van der Waals surface area contributed by atoms with Crippen molar-refractivity contribution in [2.24, 2.45) is 5.73 Å². The van der Waals surface area contributed by atoms with E-state index in [-0.39, 0.29) is 5.54 Å². The van der Waals surface area contributed by atoms with E-state index in [1.165, 1.54) is 19.3 Å². The Balaban J connectivity index is 2.39. The molecule has 0 saturated heterocycles. The fourth-order valence-electron chi connectivity index (χ4n) is 1.58. The Kier molecular flexibility index (Phi) is 2.44. The molecule has 2 heteroatoms. The zero-order chi connectivity index (χ0) is 7.45. The van der Waals surface area contributed by atoms with Gasteiger partial charge in [-0.2, -0.15) is 0 Å². The fourth-order valence-corrected chi connectivity index (χ4v) is 1.58. The highest BCUT2D eigenvalue weighted by Crippen LogP contribution is 2.27. The number of rotatable bonds is 2. The SMILES string of the molecule is NC1(C[C]=O)CCCCC1. The lowest BCUT2D eigenvalue weighted by Crippen LogP contribution is -2.41. The summed E-state index contributed by atoms with van der Waals surface area (Å²) in [6.07, 6.45) is 7.96. The van der Waals surface area contributed by atoms with Gasteiger partial charge in [-0.15, -0.1) is 0 Å². The van der Waals surface area contributed by atoms with Crippen LogP contribution in [0.1, 0.15) is 38.5 Å². The van der Waals surface area contributed by atoms with Crippen LogP contribution in [-0.4, -0.2) is 11.8 Å². The van der Waals surface area contributed by atoms with Gasteiger partial charge in [0.15, 0.2) is 6.29 Å². The Labute approximate surface area is 61.8 Å². The molecule has 0 unspecified atom stereocenters. The zero-order valence-electron chi connectivity index (χ0n) is 6.23. The highest BCUT2D eigenvalue weighted by Gasteiger charge is 2.26. The maximum atomic E-state index is 10.1. The summed E-state index contributed by atoms with van der Waals surface area (Å²) in [5, 5.41) is 0. The number of hydrogen-bond acceptors (Lipinski definition) is 2. The second-order valence-electron chi connectivity index (χ2n) is 3.24. The Hall–Kier alpha value is -0.370. The normalized spacial score (nSPS) is 24.1. The van der Waals surface area contributed by atoms with E-state index in [2.05, 4.69) is 0 Å². The molecule has 1 radical (unpaired) electrons. The lowest BCUT2D eigenvalue weighted by molar-refractivity contribution is 0.302. The summed E-state index contributed by atoms with van der Waals surface area (Å²) in [6, 6.07) is 0. The Morgan fingerprint density at radius 3 is 2.40 bits per heavy atom. The molecule has 0 aromatic rings. The maximum Gasteiger partial charge on any atom is 0.200 e. The second kappa shape index (κ2) is 3.15. The van der Waals surface area contributed by atoms with Gasteiger partial charge in [0.05, 0.1) is 0 Å². The molecule has 0 heterocycles. The van der Waals surface area contributed by atoms with Crippen molar-refractivity contribution in [3.05, 3.63) is 0 Å². The number of hydrogen-bond donors (Lipinski definition) is 1. The van der Waals surface area contributed by atoms with Gasteiger partial charge in [0.2, 0.25) is 0 Å². The summed E-state index contributed by atoms with van der Waals surface area (Å²) in [5.74, 6) is 0. The Morgan fingerprint density at radius 2 is 1.90 bits per heavy atom. The summed E-state index contributed by atoms with van der Waals surface area (Å²) >= 11 is 0. The molecule has 1 aliphatic rings. The minimum atomic E-state index is -0.194. The van der Waals surface area contributed by atoms with Crippen LogP contribution in [0.15, 0.2) is 0 Å². The van der Waals surface area contributed by atoms with Crippen LogP contribution < -0.4 is 5.73 Å². The third-order valence-corrected chi connectivity index (χ3v) is 2.27. The largest absolute Gasteiger partial charge is 0.325 e. The predicted octanol–water partition coefficient (Wildman–Crippen LogP) is 1.15. The first-order chi connectivity index (χ1) is 4.77. The van der Waals surface area contributed by atoms with Gasteiger partial charge in [0.1, 0.15) is 0 Å². The molecule has 2 N–H and O–H groups in total. The Morgan fingerprint density at radius 1 is 1.30 bits per heavy atom. The molecule has 1 saturated carbocycles. The predicted molar refractivity (Wildman–Crippen MR) is 40.3 cm³/mol. The van der Waals surface area contributed by atoms with Gasteiger partial charge >= 0.3 is 0 Å². The molecule has 1 rings (SSSR count). The van der Waals surface area contributed by atoms with Crippen LogP contribution in [0.4, 0.5) is 0 Å². The van der Waals surface area contributed by atoms with Crippen molar-refractivity contribution in [1.82, 2.24) is 0 Å². The molecule has 0 aromatic heterocycles. The van der Waals surface area contributed by atoms with Crippen LogP contribution >= 0.6 is 0 Å². The number of nitrogens with two attached hydrogens (primary N) is 1. The molecule has 0 spiro atoms. The molecule has 1 aliphatic carbocycles. The zero-order valence-corrected chi connectivity index (χ0v) is 6.23. The first-order valence-electron chi connectivity index (χ1n) is 3.91. The van der Waals surface area contributed by atoms with Crippen LogP contribution in [0.5, 0.6) is 0 Å². The molecule has 0 amide bonds. The van der Waals surface area contributed by atoms with Crippen molar-refractivity contribution in [2.75, 3.05) is 0 Å². The molecule has 0 aromatic carbocycles. The summed E-state index contributed by atoms with van der Waals surface area (Å²) in [5.41, 5.74) is 5.71. The molecule has 0 aliphatic heterocycles. The molecular weight excluding hydrogens is 126 g/mol. The smallest absolute Gasteiger partial charge is 0.200 e. The van der Waals surface area contributed by atoms with E-state index in [1.807, 2.05) is 6.29 Å². The summed E-state index contributed by atoms with van der Waals surface area (Å²) in [6.45, 7) is 0. The highest BCUT2D eigenvalue weighted by molar-refractivity contribution is 5.52. The van der Waals surface area contributed by atoms with Crippen LogP contribution in [0.25, 0.3) is 0 Å². The first kappa shape index (κ1) is 7.73. The topological polar surface area (TPSA) is 43.1 Å². The third-order valence-electron chi connectivity index (χ3n) is 2.27. The molecule has 0 atom stereocenters. The van der Waals surface area contributed by atoms with Crippen molar-refractivity contribution in [1.29, 1.82) is 0 Å². The minimum Gasteiger partial charge on any atom is -0.325 e. The average molecular weight is 140 g/mol. The molecule has 0 bridgehead atoms. The van der Waals surface area contributed by atoms with E-state index in [1.54, 1.807) is 0 Å². The van der Waals surface area contributed by atoms with Crippen molar-refractivity contribution in [3.63, 3.8) is 0 Å². The summed E-state index contributed by atoms with van der Waals surface area (Å²) in [4.78, 5) is 10.1. The van der Waals surface area contributed by atoms with Gasteiger partial charge < -0.3 is 5.73 Å². The van der Waals surface area contributed by atoms with Crippen LogP contribution in [0, 0.1) is 0 Å². The summed E-state index contributed by atoms with van der Waals surface area (Å²) in [7, 11) is 0. The average Bonchev–Trinajstić information content (AvgIpc) is 1.89. The number of carbonyl (C=O) groups excluding carboxylic acids is 1. The van der Waals surface area contributed by atoms with Crippen molar-refractivity contribution in [2.45, 2.75) is 44.1 Å². The molecular formula is C8H14NO. The van der Waals surface area contributed by atoms with Gasteiger partial charge in [-0.05, 0) is 12.8 Å². The minimum absolute atomic E-state index is 0.194. The van der Waals surface area contributed by atoms with Gasteiger partial charge in [-0.1, -0.05) is 19.3 Å². The van der Waals surface area contributed by atoms with Crippen LogP contribution in [0.3, 0.4) is 0 Å². The van der Waals surface area contributed by atoms with E-state index in [0.717, 1.165) is 12.8 Å². The first-order valence-corrected chi connectivity index (χ1v) is 3.91. The van der Waals surface area contributed by atoms with Crippen LogP contribution in [0.2, 0.25) is 0 Å².